The SMILES string of the molecule is CCC(=O)CCCCC[C@H](NC(=O)CCCC(=O)c1ccccc1)C(=O)NC1CCCC1. The molecule has 6 nitrogen and oxygen atoms in total. The van der Waals surface area contributed by atoms with Crippen LogP contribution in [0.3, 0.4) is 0 Å². The molecule has 1 saturated carbocycles. The Labute approximate surface area is 191 Å². The van der Waals surface area contributed by atoms with Crippen LogP contribution in [-0.4, -0.2) is 35.5 Å². The lowest BCUT2D eigenvalue weighted by Gasteiger charge is -2.21. The van der Waals surface area contributed by atoms with Gasteiger partial charge in [0.05, 0.1) is 0 Å². The first-order valence-electron chi connectivity index (χ1n) is 12.2. The number of carbonyl (C=O) groups is 4. The fourth-order valence-electron chi connectivity index (χ4n) is 4.11. The molecule has 0 aromatic heterocycles. The van der Waals surface area contributed by atoms with Gasteiger partial charge in [-0.15, -0.1) is 0 Å². The highest BCUT2D eigenvalue weighted by Gasteiger charge is 2.24. The third-order valence-electron chi connectivity index (χ3n) is 6.10. The molecule has 0 saturated heterocycles. The van der Waals surface area contributed by atoms with Gasteiger partial charge in [-0.1, -0.05) is 62.9 Å². The minimum atomic E-state index is -0.560. The minimum Gasteiger partial charge on any atom is -0.352 e. The van der Waals surface area contributed by atoms with Crippen molar-refractivity contribution in [3.05, 3.63) is 35.9 Å². The van der Waals surface area contributed by atoms with E-state index < -0.39 is 6.04 Å². The molecule has 32 heavy (non-hydrogen) atoms. The molecule has 1 atom stereocenters. The molecule has 0 spiro atoms. The maximum absolute atomic E-state index is 12.8. The molecule has 1 aliphatic rings. The zero-order chi connectivity index (χ0) is 23.2. The fourth-order valence-corrected chi connectivity index (χ4v) is 4.11. The topological polar surface area (TPSA) is 92.3 Å². The molecule has 2 amide bonds. The van der Waals surface area contributed by atoms with Crippen LogP contribution in [-0.2, 0) is 14.4 Å². The summed E-state index contributed by atoms with van der Waals surface area (Å²) in [7, 11) is 0. The van der Waals surface area contributed by atoms with E-state index in [-0.39, 0.29) is 35.8 Å². The minimum absolute atomic E-state index is 0.0237. The quantitative estimate of drug-likeness (QED) is 0.309. The first-order chi connectivity index (χ1) is 15.5. The lowest BCUT2D eigenvalue weighted by Crippen LogP contribution is -2.49. The third kappa shape index (κ3) is 9.75. The van der Waals surface area contributed by atoms with Crippen LogP contribution < -0.4 is 10.6 Å². The Morgan fingerprint density at radius 2 is 1.62 bits per heavy atom. The molecule has 176 valence electrons. The first-order valence-corrected chi connectivity index (χ1v) is 12.2. The van der Waals surface area contributed by atoms with E-state index in [9.17, 15) is 19.2 Å². The van der Waals surface area contributed by atoms with Crippen LogP contribution in [0.2, 0.25) is 0 Å². The fraction of sp³-hybridized carbons (Fsp3) is 0.615. The van der Waals surface area contributed by atoms with Gasteiger partial charge in [0, 0.05) is 37.3 Å². The number of unbranched alkanes of at least 4 members (excludes halogenated alkanes) is 2. The van der Waals surface area contributed by atoms with Crippen molar-refractivity contribution < 1.29 is 19.2 Å². The zero-order valence-electron chi connectivity index (χ0n) is 19.4. The Morgan fingerprint density at radius 1 is 0.906 bits per heavy atom. The molecule has 0 radical (unpaired) electrons. The van der Waals surface area contributed by atoms with Crippen molar-refractivity contribution in [2.45, 2.75) is 102 Å². The molecule has 0 unspecified atom stereocenters. The highest BCUT2D eigenvalue weighted by Crippen LogP contribution is 2.18. The van der Waals surface area contributed by atoms with Crippen molar-refractivity contribution in [2.24, 2.45) is 0 Å². The van der Waals surface area contributed by atoms with Crippen molar-refractivity contribution in [3.8, 4) is 0 Å². The third-order valence-corrected chi connectivity index (χ3v) is 6.10. The number of carbonyl (C=O) groups excluding carboxylic acids is 4. The second-order valence-electron chi connectivity index (χ2n) is 8.74. The second kappa shape index (κ2) is 14.5. The van der Waals surface area contributed by atoms with Crippen LogP contribution in [0.1, 0.15) is 101 Å². The van der Waals surface area contributed by atoms with E-state index in [1.54, 1.807) is 12.1 Å². The summed E-state index contributed by atoms with van der Waals surface area (Å²) in [4.78, 5) is 48.9. The number of Topliss-reactive ketones (excluding diaryl/α,β-unsaturated/α-hetero) is 2. The van der Waals surface area contributed by atoms with Crippen molar-refractivity contribution >= 4 is 23.4 Å². The summed E-state index contributed by atoms with van der Waals surface area (Å²) < 4.78 is 0. The number of hydrogen-bond acceptors (Lipinski definition) is 4. The normalized spacial score (nSPS) is 14.7. The van der Waals surface area contributed by atoms with Gasteiger partial charge in [0.15, 0.2) is 5.78 Å². The first kappa shape index (κ1) is 25.8. The van der Waals surface area contributed by atoms with E-state index in [4.69, 9.17) is 0 Å². The predicted molar refractivity (Wildman–Crippen MR) is 125 cm³/mol. The molecule has 1 fully saturated rings. The number of benzene rings is 1. The van der Waals surface area contributed by atoms with Gasteiger partial charge in [0.25, 0.3) is 0 Å². The van der Waals surface area contributed by atoms with Gasteiger partial charge < -0.3 is 10.6 Å². The van der Waals surface area contributed by atoms with Crippen LogP contribution >= 0.6 is 0 Å². The van der Waals surface area contributed by atoms with Gasteiger partial charge >= 0.3 is 0 Å². The van der Waals surface area contributed by atoms with E-state index in [0.29, 0.717) is 37.7 Å². The highest BCUT2D eigenvalue weighted by molar-refractivity contribution is 5.96. The summed E-state index contributed by atoms with van der Waals surface area (Å²) in [5.41, 5.74) is 0.656. The Morgan fingerprint density at radius 3 is 2.31 bits per heavy atom. The lowest BCUT2D eigenvalue weighted by atomic mass is 10.0. The molecule has 1 aromatic rings. The summed E-state index contributed by atoms with van der Waals surface area (Å²) in [6.07, 6.45) is 9.40. The maximum atomic E-state index is 12.8. The molecule has 2 rings (SSSR count). The van der Waals surface area contributed by atoms with Crippen LogP contribution in [0.5, 0.6) is 0 Å². The largest absolute Gasteiger partial charge is 0.352 e. The average molecular weight is 443 g/mol. The predicted octanol–water partition coefficient (Wildman–Crippen LogP) is 4.51. The van der Waals surface area contributed by atoms with Gasteiger partial charge in [-0.05, 0) is 32.1 Å². The maximum Gasteiger partial charge on any atom is 0.242 e. The number of hydrogen-bond donors (Lipinski definition) is 2. The Hall–Kier alpha value is -2.50. The van der Waals surface area contributed by atoms with E-state index in [1.165, 1.54) is 0 Å². The van der Waals surface area contributed by atoms with E-state index >= 15 is 0 Å². The molecule has 0 aliphatic heterocycles. The lowest BCUT2D eigenvalue weighted by molar-refractivity contribution is -0.129. The standard InChI is InChI=1S/C26H38N2O4/c1-2-22(29)16-7-4-8-17-23(26(32)27-21-14-9-10-15-21)28-25(31)19-11-18-24(30)20-12-5-3-6-13-20/h3,5-6,12-13,21,23H,2,4,7-11,14-19H2,1H3,(H,27,32)(H,28,31)/t23-/m0/s1. The van der Waals surface area contributed by atoms with Crippen molar-refractivity contribution in [3.63, 3.8) is 0 Å². The number of amides is 2. The van der Waals surface area contributed by atoms with Crippen LogP contribution in [0.4, 0.5) is 0 Å². The molecular formula is C26H38N2O4. The van der Waals surface area contributed by atoms with Crippen LogP contribution in [0.25, 0.3) is 0 Å². The summed E-state index contributed by atoms with van der Waals surface area (Å²) in [6, 6.07) is 8.71. The summed E-state index contributed by atoms with van der Waals surface area (Å²) >= 11 is 0. The molecule has 0 heterocycles. The van der Waals surface area contributed by atoms with Crippen LogP contribution in [0, 0.1) is 0 Å². The van der Waals surface area contributed by atoms with Crippen molar-refractivity contribution in [2.75, 3.05) is 0 Å². The number of nitrogens with one attached hydrogen (secondary N) is 2. The molecule has 2 N–H and O–H groups in total. The van der Waals surface area contributed by atoms with Gasteiger partial charge in [-0.3, -0.25) is 19.2 Å². The Bertz CT molecular complexity index is 741. The molecule has 1 aromatic carbocycles. The van der Waals surface area contributed by atoms with Gasteiger partial charge in [0.1, 0.15) is 11.8 Å². The monoisotopic (exact) mass is 442 g/mol. The average Bonchev–Trinajstić information content (AvgIpc) is 3.31. The molecule has 0 bridgehead atoms. The zero-order valence-corrected chi connectivity index (χ0v) is 19.4. The van der Waals surface area contributed by atoms with Crippen molar-refractivity contribution in [1.29, 1.82) is 0 Å². The molecule has 6 heteroatoms. The summed E-state index contributed by atoms with van der Waals surface area (Å²) in [5.74, 6) is -0.0247. The van der Waals surface area contributed by atoms with Gasteiger partial charge in [0.2, 0.25) is 11.8 Å². The summed E-state index contributed by atoms with van der Waals surface area (Å²) in [5, 5.41) is 5.97. The second-order valence-corrected chi connectivity index (χ2v) is 8.74. The Kier molecular flexibility index (Phi) is 11.7. The van der Waals surface area contributed by atoms with E-state index in [1.807, 2.05) is 25.1 Å². The highest BCUT2D eigenvalue weighted by atomic mass is 16.2. The van der Waals surface area contributed by atoms with Crippen molar-refractivity contribution in [1.82, 2.24) is 10.6 Å². The Balaban J connectivity index is 1.78. The molecular weight excluding hydrogens is 404 g/mol. The van der Waals surface area contributed by atoms with E-state index in [2.05, 4.69) is 10.6 Å². The smallest absolute Gasteiger partial charge is 0.242 e. The summed E-state index contributed by atoms with van der Waals surface area (Å²) in [6.45, 7) is 1.87. The molecule has 1 aliphatic carbocycles. The number of rotatable bonds is 15. The van der Waals surface area contributed by atoms with Gasteiger partial charge in [-0.25, -0.2) is 0 Å². The van der Waals surface area contributed by atoms with Crippen LogP contribution in [0.15, 0.2) is 30.3 Å². The number of ketones is 2. The van der Waals surface area contributed by atoms with E-state index in [0.717, 1.165) is 44.9 Å². The van der Waals surface area contributed by atoms with Gasteiger partial charge in [-0.2, -0.15) is 0 Å².